The Morgan fingerprint density at radius 1 is 1.35 bits per heavy atom. The van der Waals surface area contributed by atoms with Gasteiger partial charge >= 0.3 is 0 Å². The number of aromatic nitrogens is 1. The lowest BCUT2D eigenvalue weighted by Crippen LogP contribution is -2.06. The highest BCUT2D eigenvalue weighted by atomic mass is 19.1. The number of pyridine rings is 1. The summed E-state index contributed by atoms with van der Waals surface area (Å²) >= 11 is 0. The maximum absolute atomic E-state index is 13.6. The molecule has 0 aliphatic carbocycles. The van der Waals surface area contributed by atoms with Gasteiger partial charge in [-0.05, 0) is 23.8 Å². The van der Waals surface area contributed by atoms with Crippen LogP contribution < -0.4 is 10.2 Å². The first kappa shape index (κ1) is 11.6. The Morgan fingerprint density at radius 3 is 2.88 bits per heavy atom. The van der Waals surface area contributed by atoms with E-state index in [9.17, 15) is 4.39 Å². The first-order chi connectivity index (χ1) is 8.20. The summed E-state index contributed by atoms with van der Waals surface area (Å²) < 4.78 is 18.8. The Labute approximate surface area is 101 Å². The molecule has 1 heterocycles. The Hall–Kier alpha value is -1.84. The Morgan fingerprint density at radius 2 is 2.18 bits per heavy atom. The average molecular weight is 227 g/mol. The van der Waals surface area contributed by atoms with Crippen molar-refractivity contribution in [2.75, 3.05) is 7.11 Å². The number of methoxy groups -OCH3 is 1. The summed E-state index contributed by atoms with van der Waals surface area (Å²) in [6.45, 7) is 0. The van der Waals surface area contributed by atoms with Crippen molar-refractivity contribution in [3.8, 4) is 5.75 Å². The predicted octanol–water partition coefficient (Wildman–Crippen LogP) is 1.61. The van der Waals surface area contributed by atoms with Gasteiger partial charge in [-0.3, -0.25) is 4.98 Å². The van der Waals surface area contributed by atoms with Gasteiger partial charge in [0.2, 0.25) is 0 Å². The summed E-state index contributed by atoms with van der Waals surface area (Å²) in [5, 5.41) is 0. The minimum absolute atomic E-state index is 0.322. The second-order valence-electron chi connectivity index (χ2n) is 3.68. The van der Waals surface area contributed by atoms with Crippen molar-refractivity contribution >= 4 is 13.3 Å². The number of nitrogens with zero attached hydrogens (tertiary/aromatic N) is 1. The summed E-state index contributed by atoms with van der Waals surface area (Å²) in [7, 11) is 7.07. The van der Waals surface area contributed by atoms with E-state index in [2.05, 4.69) is 4.98 Å². The van der Waals surface area contributed by atoms with E-state index in [0.29, 0.717) is 28.9 Å². The lowest BCUT2D eigenvalue weighted by atomic mass is 9.94. The zero-order chi connectivity index (χ0) is 12.3. The first-order valence-corrected chi connectivity index (χ1v) is 5.22. The van der Waals surface area contributed by atoms with Gasteiger partial charge in [-0.15, -0.1) is 0 Å². The summed E-state index contributed by atoms with van der Waals surface area (Å²) in [5.74, 6) is 0.335. The molecule has 4 heteroatoms. The van der Waals surface area contributed by atoms with E-state index >= 15 is 0 Å². The molecule has 0 aliphatic heterocycles. The van der Waals surface area contributed by atoms with Gasteiger partial charge in [0, 0.05) is 12.6 Å². The lowest BCUT2D eigenvalue weighted by molar-refractivity contribution is 0.407. The summed E-state index contributed by atoms with van der Waals surface area (Å²) in [4.78, 5) is 4.19. The Bertz CT molecular complexity index is 531. The van der Waals surface area contributed by atoms with E-state index in [0.717, 1.165) is 0 Å². The predicted molar refractivity (Wildman–Crippen MR) is 65.4 cm³/mol. The van der Waals surface area contributed by atoms with Gasteiger partial charge in [0.25, 0.3) is 0 Å². The number of benzene rings is 1. The second-order valence-corrected chi connectivity index (χ2v) is 3.68. The molecule has 2 radical (unpaired) electrons. The highest BCUT2D eigenvalue weighted by Crippen LogP contribution is 2.19. The normalized spacial score (nSPS) is 10.2. The van der Waals surface area contributed by atoms with Crippen LogP contribution in [0.5, 0.6) is 5.75 Å². The van der Waals surface area contributed by atoms with Gasteiger partial charge < -0.3 is 4.74 Å². The SMILES string of the molecule is [B]c1ccc(Cc2ncccc2OC)c(F)c1. The molecule has 2 nitrogen and oxygen atoms in total. The molecule has 1 aromatic heterocycles. The molecule has 2 rings (SSSR count). The van der Waals surface area contributed by atoms with E-state index in [4.69, 9.17) is 12.6 Å². The molecule has 0 saturated heterocycles. The van der Waals surface area contributed by atoms with Crippen LogP contribution in [0.3, 0.4) is 0 Å². The molecule has 84 valence electrons. The number of hydrogen-bond acceptors (Lipinski definition) is 2. The third kappa shape index (κ3) is 2.64. The smallest absolute Gasteiger partial charge is 0.140 e. The summed E-state index contributed by atoms with van der Waals surface area (Å²) in [5.41, 5.74) is 1.68. The molecule has 0 saturated carbocycles. The van der Waals surface area contributed by atoms with Gasteiger partial charge in [-0.2, -0.15) is 0 Å². The number of ether oxygens (including phenoxy) is 1. The maximum Gasteiger partial charge on any atom is 0.140 e. The van der Waals surface area contributed by atoms with E-state index in [1.165, 1.54) is 6.07 Å². The van der Waals surface area contributed by atoms with E-state index in [1.54, 1.807) is 37.6 Å². The molecule has 0 bridgehead atoms. The van der Waals surface area contributed by atoms with Crippen molar-refractivity contribution in [3.05, 3.63) is 53.6 Å². The average Bonchev–Trinajstić information content (AvgIpc) is 2.33. The van der Waals surface area contributed by atoms with Crippen molar-refractivity contribution in [1.82, 2.24) is 4.98 Å². The van der Waals surface area contributed by atoms with Crippen LogP contribution in [0.4, 0.5) is 4.39 Å². The third-order valence-electron chi connectivity index (χ3n) is 2.50. The molecule has 17 heavy (non-hydrogen) atoms. The zero-order valence-corrected chi connectivity index (χ0v) is 9.48. The molecule has 0 N–H and O–H groups in total. The Balaban J connectivity index is 2.31. The summed E-state index contributed by atoms with van der Waals surface area (Å²) in [6.07, 6.45) is 2.04. The molecule has 0 unspecified atom stereocenters. The van der Waals surface area contributed by atoms with Crippen LogP contribution in [-0.4, -0.2) is 19.9 Å². The first-order valence-electron chi connectivity index (χ1n) is 5.22. The largest absolute Gasteiger partial charge is 0.495 e. The van der Waals surface area contributed by atoms with Crippen LogP contribution >= 0.6 is 0 Å². The van der Waals surface area contributed by atoms with Crippen molar-refractivity contribution in [2.45, 2.75) is 6.42 Å². The standard InChI is InChI=1S/C13H11BFNO/c1-17-13-3-2-6-16-12(13)7-9-4-5-10(14)8-11(9)15/h2-6,8H,7H2,1H3. The molecule has 0 atom stereocenters. The van der Waals surface area contributed by atoms with Gasteiger partial charge in [-0.25, -0.2) is 4.39 Å². The van der Waals surface area contributed by atoms with E-state index in [1.807, 2.05) is 0 Å². The third-order valence-corrected chi connectivity index (χ3v) is 2.50. The fourth-order valence-corrected chi connectivity index (χ4v) is 1.63. The quantitative estimate of drug-likeness (QED) is 0.743. The molecule has 0 aliphatic rings. The molecule has 0 amide bonds. The van der Waals surface area contributed by atoms with Crippen LogP contribution in [-0.2, 0) is 6.42 Å². The maximum atomic E-state index is 13.6. The van der Waals surface area contributed by atoms with Gasteiger partial charge in [0.15, 0.2) is 0 Å². The molecular weight excluding hydrogens is 216 g/mol. The van der Waals surface area contributed by atoms with Crippen LogP contribution in [0, 0.1) is 5.82 Å². The number of halogens is 1. The minimum Gasteiger partial charge on any atom is -0.495 e. The van der Waals surface area contributed by atoms with Crippen molar-refractivity contribution < 1.29 is 9.13 Å². The highest BCUT2D eigenvalue weighted by Gasteiger charge is 2.08. The van der Waals surface area contributed by atoms with E-state index in [-0.39, 0.29) is 5.82 Å². The monoisotopic (exact) mass is 227 g/mol. The van der Waals surface area contributed by atoms with Crippen LogP contribution in [0.25, 0.3) is 0 Å². The zero-order valence-electron chi connectivity index (χ0n) is 9.48. The van der Waals surface area contributed by atoms with Gasteiger partial charge in [0.05, 0.1) is 12.8 Å². The summed E-state index contributed by atoms with van der Waals surface area (Å²) in [6, 6.07) is 8.23. The lowest BCUT2D eigenvalue weighted by Gasteiger charge is -2.08. The molecule has 0 spiro atoms. The van der Waals surface area contributed by atoms with E-state index < -0.39 is 0 Å². The number of rotatable bonds is 3. The van der Waals surface area contributed by atoms with Crippen LogP contribution in [0.1, 0.15) is 11.3 Å². The van der Waals surface area contributed by atoms with Gasteiger partial charge in [0.1, 0.15) is 19.4 Å². The topological polar surface area (TPSA) is 22.1 Å². The van der Waals surface area contributed by atoms with Crippen molar-refractivity contribution in [1.29, 1.82) is 0 Å². The minimum atomic E-state index is -0.322. The van der Waals surface area contributed by atoms with Crippen LogP contribution in [0.2, 0.25) is 0 Å². The molecular formula is C13H11BFNO. The second kappa shape index (κ2) is 5.00. The molecule has 0 fully saturated rings. The Kier molecular flexibility index (Phi) is 3.42. The van der Waals surface area contributed by atoms with Crippen molar-refractivity contribution in [2.24, 2.45) is 0 Å². The fourth-order valence-electron chi connectivity index (χ4n) is 1.63. The number of hydrogen-bond donors (Lipinski definition) is 0. The highest BCUT2D eigenvalue weighted by molar-refractivity contribution is 6.32. The fraction of sp³-hybridized carbons (Fsp3) is 0.154. The molecule has 2 aromatic rings. The van der Waals surface area contributed by atoms with Crippen molar-refractivity contribution in [3.63, 3.8) is 0 Å². The van der Waals surface area contributed by atoms with Gasteiger partial charge in [-0.1, -0.05) is 17.6 Å². The van der Waals surface area contributed by atoms with Crippen LogP contribution in [0.15, 0.2) is 36.5 Å². The molecule has 1 aromatic carbocycles.